The smallest absolute Gasteiger partial charge is 0.159 e. The van der Waals surface area contributed by atoms with E-state index in [0.717, 1.165) is 70.0 Å². The molecule has 1 aromatic heterocycles. The van der Waals surface area contributed by atoms with Crippen LogP contribution in [0.5, 0.6) is 0 Å². The minimum Gasteiger partial charge on any atom is -0.344 e. The number of fused-ring (bicyclic) bond motifs is 3. The molecule has 7 aromatic carbocycles. The lowest BCUT2D eigenvalue weighted by Gasteiger charge is -2.27. The monoisotopic (exact) mass is 796 g/mol. The number of pyridine rings is 1. The van der Waals surface area contributed by atoms with Crippen molar-refractivity contribution in [2.75, 3.05) is 0 Å². The highest BCUT2D eigenvalue weighted by Crippen LogP contribution is 2.39. The first-order valence-electron chi connectivity index (χ1n) is 21.6. The third-order valence-corrected chi connectivity index (χ3v) is 12.4. The Morgan fingerprint density at radius 1 is 0.516 bits per heavy atom. The van der Waals surface area contributed by atoms with Crippen LogP contribution in [0.3, 0.4) is 0 Å². The third-order valence-electron chi connectivity index (χ3n) is 12.4. The van der Waals surface area contributed by atoms with Crippen LogP contribution in [0.1, 0.15) is 47.4 Å². The Morgan fingerprint density at radius 3 is 1.92 bits per heavy atom. The first kappa shape index (κ1) is 37.3. The molecule has 0 saturated heterocycles. The lowest BCUT2D eigenvalue weighted by Crippen LogP contribution is -2.40. The lowest BCUT2D eigenvalue weighted by molar-refractivity contribution is 0.680. The molecule has 0 saturated carbocycles. The van der Waals surface area contributed by atoms with Gasteiger partial charge in [0.15, 0.2) is 5.84 Å². The van der Waals surface area contributed by atoms with E-state index in [1.807, 2.05) is 0 Å². The minimum absolute atomic E-state index is 0.244. The molecule has 8 aromatic rings. The maximum Gasteiger partial charge on any atom is 0.159 e. The molecule has 0 fully saturated rings. The second-order valence-electron chi connectivity index (χ2n) is 16.3. The molecule has 62 heavy (non-hydrogen) atoms. The summed E-state index contributed by atoms with van der Waals surface area (Å²) in [7, 11) is 0. The molecule has 4 heteroatoms. The molecular formula is C58H44N4. The number of benzene rings is 7. The van der Waals surface area contributed by atoms with Gasteiger partial charge in [-0.25, -0.2) is 15.0 Å². The van der Waals surface area contributed by atoms with E-state index in [2.05, 4.69) is 218 Å². The molecule has 1 N–H and O–H groups in total. The van der Waals surface area contributed by atoms with Gasteiger partial charge in [-0.05, 0) is 98.8 Å². The second kappa shape index (κ2) is 16.4. The van der Waals surface area contributed by atoms with Crippen LogP contribution in [0.15, 0.2) is 228 Å². The predicted molar refractivity (Wildman–Crippen MR) is 259 cm³/mol. The molecule has 4 nitrogen and oxygen atoms in total. The molecule has 0 bridgehead atoms. The first-order valence-corrected chi connectivity index (χ1v) is 21.6. The normalized spacial score (nSPS) is 17.2. The topological polar surface area (TPSA) is 49.6 Å². The van der Waals surface area contributed by atoms with Crippen molar-refractivity contribution in [2.24, 2.45) is 9.98 Å². The van der Waals surface area contributed by atoms with Crippen LogP contribution in [0.25, 0.3) is 60.8 Å². The summed E-state index contributed by atoms with van der Waals surface area (Å²) in [4.78, 5) is 15.8. The minimum atomic E-state index is -0.244. The zero-order valence-corrected chi connectivity index (χ0v) is 34.3. The summed E-state index contributed by atoms with van der Waals surface area (Å²) in [6, 6.07) is 62.7. The van der Waals surface area contributed by atoms with Crippen molar-refractivity contribution >= 4 is 38.9 Å². The fourth-order valence-electron chi connectivity index (χ4n) is 9.10. The van der Waals surface area contributed by atoms with Gasteiger partial charge in [-0.1, -0.05) is 188 Å². The Labute approximate surface area is 362 Å². The van der Waals surface area contributed by atoms with Gasteiger partial charge in [0.2, 0.25) is 0 Å². The van der Waals surface area contributed by atoms with Gasteiger partial charge in [0.25, 0.3) is 0 Å². The van der Waals surface area contributed by atoms with E-state index in [9.17, 15) is 0 Å². The summed E-state index contributed by atoms with van der Waals surface area (Å²) in [5.74, 6) is 1.81. The van der Waals surface area contributed by atoms with Gasteiger partial charge >= 0.3 is 0 Å². The van der Waals surface area contributed by atoms with E-state index in [1.165, 1.54) is 49.6 Å². The first-order chi connectivity index (χ1) is 30.7. The summed E-state index contributed by atoms with van der Waals surface area (Å²) < 4.78 is 0. The van der Waals surface area contributed by atoms with Crippen LogP contribution in [0.4, 0.5) is 0 Å². The summed E-state index contributed by atoms with van der Waals surface area (Å²) in [6.07, 6.45) is 16.0. The van der Waals surface area contributed by atoms with Crippen molar-refractivity contribution in [3.05, 3.63) is 240 Å². The maximum atomic E-state index is 5.27. The zero-order chi connectivity index (χ0) is 41.2. The molecule has 1 aliphatic heterocycles. The van der Waals surface area contributed by atoms with Crippen molar-refractivity contribution in [1.82, 2.24) is 10.3 Å². The highest BCUT2D eigenvalue weighted by atomic mass is 15.2. The van der Waals surface area contributed by atoms with E-state index in [1.54, 1.807) is 0 Å². The van der Waals surface area contributed by atoms with E-state index in [0.29, 0.717) is 0 Å². The van der Waals surface area contributed by atoms with Gasteiger partial charge in [0.05, 0.1) is 11.2 Å². The number of hydrogen-bond donors (Lipinski definition) is 1. The van der Waals surface area contributed by atoms with E-state index >= 15 is 0 Å². The van der Waals surface area contributed by atoms with Gasteiger partial charge in [-0.15, -0.1) is 0 Å². The number of aromatic nitrogens is 1. The molecule has 0 radical (unpaired) electrons. The van der Waals surface area contributed by atoms with Crippen molar-refractivity contribution in [3.8, 4) is 33.5 Å². The SMILES string of the molecule is C1=CCC(c2cc(-c3ccccc3)nc3ccc4ccc(-c5cccc(C6=NC(c7ccc(-c8ccccc8)cc7)=NC(C7=CC=C(c8ccccc8)CC7)N6)c5)cc4c23)C=C1. The van der Waals surface area contributed by atoms with Crippen LogP contribution in [-0.2, 0) is 0 Å². The Bertz CT molecular complexity index is 3150. The number of nitrogens with zero attached hydrogens (tertiary/aromatic N) is 3. The van der Waals surface area contributed by atoms with E-state index < -0.39 is 0 Å². The number of allylic oxidation sites excluding steroid dienone is 7. The Hall–Kier alpha value is -7.69. The zero-order valence-electron chi connectivity index (χ0n) is 34.3. The molecule has 2 heterocycles. The van der Waals surface area contributed by atoms with Crippen molar-refractivity contribution < 1.29 is 0 Å². The fraction of sp³-hybridized carbons (Fsp3) is 0.0862. The molecule has 296 valence electrons. The van der Waals surface area contributed by atoms with Crippen molar-refractivity contribution in [1.29, 1.82) is 0 Å². The van der Waals surface area contributed by atoms with Gasteiger partial charge in [-0.2, -0.15) is 0 Å². The van der Waals surface area contributed by atoms with Gasteiger partial charge in [-0.3, -0.25) is 0 Å². The van der Waals surface area contributed by atoms with Crippen molar-refractivity contribution in [3.63, 3.8) is 0 Å². The molecule has 2 unspecified atom stereocenters. The van der Waals surface area contributed by atoms with Crippen LogP contribution in [0, 0.1) is 0 Å². The third kappa shape index (κ3) is 7.41. The Kier molecular flexibility index (Phi) is 9.87. The van der Waals surface area contributed by atoms with Crippen molar-refractivity contribution in [2.45, 2.75) is 31.3 Å². The molecule has 11 rings (SSSR count). The molecule has 0 amide bonds. The molecule has 2 aliphatic carbocycles. The number of aliphatic imine (C=N–C) groups is 2. The van der Waals surface area contributed by atoms with Crippen LogP contribution < -0.4 is 5.32 Å². The molecule has 2 atom stereocenters. The average molecular weight is 797 g/mol. The highest BCUT2D eigenvalue weighted by molar-refractivity contribution is 6.14. The highest BCUT2D eigenvalue weighted by Gasteiger charge is 2.25. The van der Waals surface area contributed by atoms with E-state index in [4.69, 9.17) is 15.0 Å². The van der Waals surface area contributed by atoms with Crippen LogP contribution >= 0.6 is 0 Å². The predicted octanol–water partition coefficient (Wildman–Crippen LogP) is 13.9. The van der Waals surface area contributed by atoms with Gasteiger partial charge in [0.1, 0.15) is 12.0 Å². The number of hydrogen-bond acceptors (Lipinski definition) is 4. The van der Waals surface area contributed by atoms with Crippen LogP contribution in [-0.4, -0.2) is 22.8 Å². The summed E-state index contributed by atoms with van der Waals surface area (Å²) in [6.45, 7) is 0. The second-order valence-corrected chi connectivity index (χ2v) is 16.3. The number of rotatable bonds is 8. The molecule has 0 spiro atoms. The Morgan fingerprint density at radius 2 is 1.18 bits per heavy atom. The number of nitrogens with one attached hydrogen (secondary N) is 1. The lowest BCUT2D eigenvalue weighted by atomic mass is 9.86. The average Bonchev–Trinajstić information content (AvgIpc) is 3.37. The number of amidine groups is 2. The Balaban J connectivity index is 0.983. The summed E-state index contributed by atoms with van der Waals surface area (Å²) in [5, 5.41) is 7.40. The van der Waals surface area contributed by atoms with Crippen LogP contribution in [0.2, 0.25) is 0 Å². The summed E-state index contributed by atoms with van der Waals surface area (Å²) >= 11 is 0. The van der Waals surface area contributed by atoms with Gasteiger partial charge < -0.3 is 5.32 Å². The van der Waals surface area contributed by atoms with E-state index in [-0.39, 0.29) is 12.1 Å². The maximum absolute atomic E-state index is 5.27. The fourth-order valence-corrected chi connectivity index (χ4v) is 9.10. The summed E-state index contributed by atoms with van der Waals surface area (Å²) in [5.41, 5.74) is 15.0. The molecular weight excluding hydrogens is 753 g/mol. The largest absolute Gasteiger partial charge is 0.344 e. The van der Waals surface area contributed by atoms with Gasteiger partial charge in [0, 0.05) is 28.0 Å². The molecule has 3 aliphatic rings. The quantitative estimate of drug-likeness (QED) is 0.156. The standard InChI is InChI=1S/C58H44N4/c1-5-14-39(15-6-1)41-24-29-46(30-25-41)56-60-57(47-31-26-42(27-32-47)40-16-7-2-8-17-40)62-58(61-56)50-23-13-22-48(36-50)49-33-28-44-34-35-53-55(51(44)37-49)52(43-18-9-3-10-19-43)38-54(59-53)45-20-11-4-12-21-45/h1-18,20-26,28-31,33-38,43,57H,19,27,32H2,(H,60,61,62).